The molecule has 0 saturated heterocycles. The molecule has 0 fully saturated rings. The van der Waals surface area contributed by atoms with E-state index in [-0.39, 0.29) is 22.8 Å². The minimum atomic E-state index is -3.92. The van der Waals surface area contributed by atoms with E-state index < -0.39 is 15.9 Å². The lowest BCUT2D eigenvalue weighted by molar-refractivity contribution is -0.117. The molecular formula is C30H26BrN3O4S. The Hall–Kier alpha value is -3.95. The van der Waals surface area contributed by atoms with E-state index in [4.69, 9.17) is 0 Å². The van der Waals surface area contributed by atoms with Crippen LogP contribution in [-0.4, -0.2) is 33.8 Å². The molecule has 0 aliphatic carbocycles. The van der Waals surface area contributed by atoms with Crippen LogP contribution in [-0.2, 0) is 27.7 Å². The third-order valence-electron chi connectivity index (χ3n) is 6.71. The molecule has 0 spiro atoms. The maximum absolute atomic E-state index is 13.3. The smallest absolute Gasteiger partial charge is 0.265 e. The van der Waals surface area contributed by atoms with Gasteiger partial charge in [-0.05, 0) is 82.0 Å². The number of hydrogen-bond donors (Lipinski definition) is 1. The number of nitrogens with zero attached hydrogens (tertiary/aromatic N) is 2. The van der Waals surface area contributed by atoms with Crippen molar-refractivity contribution in [3.63, 3.8) is 0 Å². The van der Waals surface area contributed by atoms with Crippen LogP contribution in [0.5, 0.6) is 0 Å². The molecule has 4 aromatic rings. The molecule has 1 N–H and O–H groups in total. The van der Waals surface area contributed by atoms with Crippen molar-refractivity contribution in [2.75, 3.05) is 28.1 Å². The van der Waals surface area contributed by atoms with E-state index in [9.17, 15) is 18.0 Å². The molecule has 1 aliphatic heterocycles. The highest BCUT2D eigenvalue weighted by atomic mass is 79.9. The van der Waals surface area contributed by atoms with Gasteiger partial charge < -0.3 is 10.2 Å². The monoisotopic (exact) mass is 603 g/mol. The SMILES string of the molecule is CN(c1ccccc1)S(=O)(=O)c1cc(C(=O)Nc2ccc(CC(=O)N3CCc4ccccc43)cc2)ccc1Br. The second-order valence-corrected chi connectivity index (χ2v) is 12.0. The van der Waals surface area contributed by atoms with E-state index >= 15 is 0 Å². The first kappa shape index (κ1) is 26.6. The summed E-state index contributed by atoms with van der Waals surface area (Å²) in [5.74, 6) is -0.417. The molecule has 0 atom stereocenters. The first-order valence-corrected chi connectivity index (χ1v) is 14.6. The van der Waals surface area contributed by atoms with Crippen LogP contribution in [0.15, 0.2) is 106 Å². The number of para-hydroxylation sites is 2. The Labute approximate surface area is 236 Å². The van der Waals surface area contributed by atoms with Crippen molar-refractivity contribution in [2.45, 2.75) is 17.7 Å². The molecule has 9 heteroatoms. The van der Waals surface area contributed by atoms with Gasteiger partial charge in [-0.3, -0.25) is 13.9 Å². The van der Waals surface area contributed by atoms with Crippen LogP contribution in [0.1, 0.15) is 21.5 Å². The topological polar surface area (TPSA) is 86.8 Å². The van der Waals surface area contributed by atoms with Crippen molar-refractivity contribution < 1.29 is 18.0 Å². The van der Waals surface area contributed by atoms with Crippen LogP contribution >= 0.6 is 15.9 Å². The summed E-state index contributed by atoms with van der Waals surface area (Å²) in [4.78, 5) is 27.7. The molecule has 0 unspecified atom stereocenters. The average Bonchev–Trinajstić information content (AvgIpc) is 3.39. The summed E-state index contributed by atoms with van der Waals surface area (Å²) >= 11 is 3.32. The Morgan fingerprint density at radius 2 is 1.62 bits per heavy atom. The van der Waals surface area contributed by atoms with Gasteiger partial charge in [0.25, 0.3) is 15.9 Å². The molecule has 198 valence electrons. The molecule has 39 heavy (non-hydrogen) atoms. The Bertz CT molecular complexity index is 1640. The lowest BCUT2D eigenvalue weighted by atomic mass is 10.1. The van der Waals surface area contributed by atoms with Gasteiger partial charge in [-0.1, -0.05) is 48.5 Å². The Morgan fingerprint density at radius 3 is 2.36 bits per heavy atom. The van der Waals surface area contributed by atoms with Crippen LogP contribution in [0.2, 0.25) is 0 Å². The first-order chi connectivity index (χ1) is 18.7. The summed E-state index contributed by atoms with van der Waals surface area (Å²) in [5, 5.41) is 2.81. The molecule has 0 aromatic heterocycles. The number of benzene rings is 4. The van der Waals surface area contributed by atoms with Crippen molar-refractivity contribution in [1.82, 2.24) is 0 Å². The second-order valence-electron chi connectivity index (χ2n) is 9.21. The van der Waals surface area contributed by atoms with Gasteiger partial charge in [0.15, 0.2) is 0 Å². The molecule has 4 aromatic carbocycles. The number of carbonyl (C=O) groups is 2. The summed E-state index contributed by atoms with van der Waals surface area (Å²) in [6.45, 7) is 0.679. The third kappa shape index (κ3) is 5.60. The highest BCUT2D eigenvalue weighted by Crippen LogP contribution is 2.30. The van der Waals surface area contributed by atoms with E-state index in [0.717, 1.165) is 17.7 Å². The number of halogens is 1. The Morgan fingerprint density at radius 1 is 0.923 bits per heavy atom. The quantitative estimate of drug-likeness (QED) is 0.295. The average molecular weight is 605 g/mol. The summed E-state index contributed by atoms with van der Waals surface area (Å²) in [6.07, 6.45) is 1.11. The van der Waals surface area contributed by atoms with Crippen LogP contribution in [0, 0.1) is 0 Å². The summed E-state index contributed by atoms with van der Waals surface area (Å²) < 4.78 is 28.2. The highest BCUT2D eigenvalue weighted by Gasteiger charge is 2.26. The molecule has 1 aliphatic rings. The zero-order valence-electron chi connectivity index (χ0n) is 21.2. The van der Waals surface area contributed by atoms with E-state index in [0.29, 0.717) is 22.4 Å². The molecular weight excluding hydrogens is 578 g/mol. The zero-order chi connectivity index (χ0) is 27.6. The maximum atomic E-state index is 13.3. The van der Waals surface area contributed by atoms with E-state index in [1.54, 1.807) is 48.5 Å². The van der Waals surface area contributed by atoms with Gasteiger partial charge in [0.1, 0.15) is 4.90 Å². The number of carbonyl (C=O) groups excluding carboxylic acids is 2. The van der Waals surface area contributed by atoms with Crippen molar-refractivity contribution in [3.8, 4) is 0 Å². The zero-order valence-corrected chi connectivity index (χ0v) is 23.6. The van der Waals surface area contributed by atoms with Gasteiger partial charge in [0, 0.05) is 35.0 Å². The second kappa shape index (κ2) is 11.0. The number of rotatable bonds is 7. The minimum absolute atomic E-state index is 0.0150. The van der Waals surface area contributed by atoms with Gasteiger partial charge in [0.2, 0.25) is 5.91 Å². The maximum Gasteiger partial charge on any atom is 0.265 e. The van der Waals surface area contributed by atoms with E-state index in [2.05, 4.69) is 21.2 Å². The predicted molar refractivity (Wildman–Crippen MR) is 157 cm³/mol. The Balaban J connectivity index is 1.27. The fraction of sp³-hybridized carbons (Fsp3) is 0.133. The standard InChI is InChI=1S/C30H26BrN3O4S/c1-33(25-8-3-2-4-9-25)39(37,38)28-20-23(13-16-26(28)31)30(36)32-24-14-11-21(12-15-24)19-29(35)34-18-17-22-7-5-6-10-27(22)34/h2-16,20H,17-19H2,1H3,(H,32,36). The number of sulfonamides is 1. The molecule has 1 heterocycles. The molecule has 0 bridgehead atoms. The number of anilines is 3. The summed E-state index contributed by atoms with van der Waals surface area (Å²) in [6, 6.07) is 28.2. The molecule has 7 nitrogen and oxygen atoms in total. The number of fused-ring (bicyclic) bond motifs is 1. The van der Waals surface area contributed by atoms with Gasteiger partial charge in [0.05, 0.1) is 12.1 Å². The van der Waals surface area contributed by atoms with Crippen molar-refractivity contribution in [2.24, 2.45) is 0 Å². The van der Waals surface area contributed by atoms with Gasteiger partial charge in [-0.2, -0.15) is 0 Å². The van der Waals surface area contributed by atoms with Crippen LogP contribution in [0.4, 0.5) is 17.1 Å². The largest absolute Gasteiger partial charge is 0.322 e. The van der Waals surface area contributed by atoms with Gasteiger partial charge in [-0.15, -0.1) is 0 Å². The van der Waals surface area contributed by atoms with Gasteiger partial charge >= 0.3 is 0 Å². The third-order valence-corrected chi connectivity index (χ3v) is 9.49. The van der Waals surface area contributed by atoms with E-state index in [1.807, 2.05) is 47.4 Å². The van der Waals surface area contributed by atoms with Crippen molar-refractivity contribution in [1.29, 1.82) is 0 Å². The van der Waals surface area contributed by atoms with Crippen LogP contribution < -0.4 is 14.5 Å². The normalized spacial score (nSPS) is 12.6. The molecule has 0 radical (unpaired) electrons. The molecule has 5 rings (SSSR count). The lowest BCUT2D eigenvalue weighted by Crippen LogP contribution is -2.30. The van der Waals surface area contributed by atoms with Crippen molar-refractivity contribution in [3.05, 3.63) is 118 Å². The van der Waals surface area contributed by atoms with Crippen LogP contribution in [0.25, 0.3) is 0 Å². The summed E-state index contributed by atoms with van der Waals surface area (Å²) in [7, 11) is -2.45. The number of hydrogen-bond acceptors (Lipinski definition) is 4. The van der Waals surface area contributed by atoms with E-state index in [1.165, 1.54) is 23.0 Å². The predicted octanol–water partition coefficient (Wildman–Crippen LogP) is 5.66. The summed E-state index contributed by atoms with van der Waals surface area (Å²) in [5.41, 5.74) is 4.23. The van der Waals surface area contributed by atoms with Crippen molar-refractivity contribution >= 4 is 54.8 Å². The molecule has 2 amide bonds. The number of amides is 2. The first-order valence-electron chi connectivity index (χ1n) is 12.4. The van der Waals surface area contributed by atoms with Gasteiger partial charge in [-0.25, -0.2) is 8.42 Å². The Kier molecular flexibility index (Phi) is 7.54. The minimum Gasteiger partial charge on any atom is -0.322 e. The molecule has 0 saturated carbocycles. The lowest BCUT2D eigenvalue weighted by Gasteiger charge is -2.20. The number of nitrogens with one attached hydrogen (secondary N) is 1. The van der Waals surface area contributed by atoms with Crippen LogP contribution in [0.3, 0.4) is 0 Å². The fourth-order valence-corrected chi connectivity index (χ4v) is 6.69. The fourth-order valence-electron chi connectivity index (χ4n) is 4.54. The highest BCUT2D eigenvalue weighted by molar-refractivity contribution is 9.10.